The Balaban J connectivity index is 1.19. The number of aromatic nitrogens is 4. The number of nitrogens with zero attached hydrogens (tertiary/aromatic N) is 4. The Bertz CT molecular complexity index is 1760. The van der Waals surface area contributed by atoms with Crippen molar-refractivity contribution in [2.45, 2.75) is 63.2 Å². The van der Waals surface area contributed by atoms with E-state index in [-0.39, 0.29) is 29.1 Å². The summed E-state index contributed by atoms with van der Waals surface area (Å²) in [4.78, 5) is 26.2. The molecule has 5 atom stereocenters. The van der Waals surface area contributed by atoms with Gasteiger partial charge in [0.25, 0.3) is 14.2 Å². The average Bonchev–Trinajstić information content (AvgIpc) is 3.76. The summed E-state index contributed by atoms with van der Waals surface area (Å²) in [6.45, 7) is 6.80. The van der Waals surface area contributed by atoms with Crippen molar-refractivity contribution in [1.82, 2.24) is 19.5 Å². The number of aliphatic hydroxyl groups is 1. The lowest BCUT2D eigenvalue weighted by atomic mass is 10.0. The second-order valence-corrected chi connectivity index (χ2v) is 17.2. The number of rotatable bonds is 7. The highest BCUT2D eigenvalue weighted by molar-refractivity contribution is 6.99. The second kappa shape index (κ2) is 11.6. The molecule has 1 saturated carbocycles. The van der Waals surface area contributed by atoms with Crippen molar-refractivity contribution in [2.24, 2.45) is 5.92 Å². The third-order valence-corrected chi connectivity index (χ3v) is 14.3. The molecule has 230 valence electrons. The first-order chi connectivity index (χ1) is 21.8. The molecule has 0 spiro atoms. The monoisotopic (exact) mass is 619 g/mol. The summed E-state index contributed by atoms with van der Waals surface area (Å²) in [5.74, 6) is 0.0326. The standard InChI is InChI=1S/C35H37N5O4Si/c1-35(2,3)45(24-15-9-5-10-16-24,25-17-11-6-12-18-25)44-28-20-27(41)31-26(28)19-29(43-31)40-22-38-30-32(36-21-37-33(30)40)39-34(42)23-13-7-4-8-14-23/h4-18,21-22,26-29,31,41H,19-20H2,1-3H3,(H,36,37,39,42)/t26-,27+,28+,29+,31-/m0/s1. The predicted molar refractivity (Wildman–Crippen MR) is 175 cm³/mol. The third-order valence-electron chi connectivity index (χ3n) is 9.22. The normalized spacial score (nSPS) is 23.2. The summed E-state index contributed by atoms with van der Waals surface area (Å²) in [7, 11) is -2.83. The molecule has 0 unspecified atom stereocenters. The fourth-order valence-electron chi connectivity index (χ4n) is 7.15. The highest BCUT2D eigenvalue weighted by atomic mass is 28.4. The van der Waals surface area contributed by atoms with Gasteiger partial charge in [-0.1, -0.05) is 99.6 Å². The number of aliphatic hydroxyl groups excluding tert-OH is 1. The van der Waals surface area contributed by atoms with Crippen LogP contribution >= 0.6 is 0 Å². The van der Waals surface area contributed by atoms with Gasteiger partial charge in [0.15, 0.2) is 17.0 Å². The van der Waals surface area contributed by atoms with Crippen LogP contribution in [0.4, 0.5) is 5.82 Å². The van der Waals surface area contributed by atoms with Gasteiger partial charge in [-0.3, -0.25) is 9.36 Å². The van der Waals surface area contributed by atoms with Gasteiger partial charge in [0.05, 0.1) is 24.6 Å². The maximum Gasteiger partial charge on any atom is 0.261 e. The molecule has 0 radical (unpaired) electrons. The van der Waals surface area contributed by atoms with E-state index < -0.39 is 20.6 Å². The highest BCUT2D eigenvalue weighted by Gasteiger charge is 2.57. The molecule has 5 aromatic rings. The van der Waals surface area contributed by atoms with Crippen LogP contribution < -0.4 is 15.7 Å². The van der Waals surface area contributed by atoms with Crippen molar-refractivity contribution in [3.63, 3.8) is 0 Å². The van der Waals surface area contributed by atoms with Gasteiger partial charge in [-0.2, -0.15) is 0 Å². The number of benzene rings is 3. The van der Waals surface area contributed by atoms with Crippen molar-refractivity contribution < 1.29 is 19.1 Å². The molecule has 9 nitrogen and oxygen atoms in total. The van der Waals surface area contributed by atoms with Crippen molar-refractivity contribution in [1.29, 1.82) is 0 Å². The van der Waals surface area contributed by atoms with Gasteiger partial charge in [-0.05, 0) is 27.5 Å². The molecule has 3 heterocycles. The Morgan fingerprint density at radius 1 is 0.911 bits per heavy atom. The Morgan fingerprint density at radius 2 is 1.53 bits per heavy atom. The van der Waals surface area contributed by atoms with E-state index in [1.165, 1.54) is 16.7 Å². The van der Waals surface area contributed by atoms with Crippen molar-refractivity contribution in [2.75, 3.05) is 5.32 Å². The maximum absolute atomic E-state index is 12.8. The number of anilines is 1. The number of imidazole rings is 1. The van der Waals surface area contributed by atoms with Crippen LogP contribution in [0.15, 0.2) is 104 Å². The van der Waals surface area contributed by atoms with Crippen molar-refractivity contribution in [3.8, 4) is 0 Å². The van der Waals surface area contributed by atoms with Crippen molar-refractivity contribution in [3.05, 3.63) is 109 Å². The lowest BCUT2D eigenvalue weighted by Crippen LogP contribution is -2.68. The summed E-state index contributed by atoms with van der Waals surface area (Å²) in [6.07, 6.45) is 2.59. The van der Waals surface area contributed by atoms with Crippen LogP contribution in [0.1, 0.15) is 50.2 Å². The van der Waals surface area contributed by atoms with E-state index in [1.54, 1.807) is 18.5 Å². The summed E-state index contributed by atoms with van der Waals surface area (Å²) in [5, 5.41) is 16.4. The number of hydrogen-bond acceptors (Lipinski definition) is 7. The molecule has 45 heavy (non-hydrogen) atoms. The SMILES string of the molecule is CC(C)(C)[Si](O[C@@H]1C[C@@H](O)[C@H]2O[C@@H](n3cnc4c(NC(=O)c5ccccc5)ncnc43)C[C@H]21)(c1ccccc1)c1ccccc1. The highest BCUT2D eigenvalue weighted by Crippen LogP contribution is 2.48. The Hall–Kier alpha value is -4.22. The number of carbonyl (C=O) groups excluding carboxylic acids is 1. The summed E-state index contributed by atoms with van der Waals surface area (Å²) in [5.41, 5.74) is 1.55. The summed E-state index contributed by atoms with van der Waals surface area (Å²) >= 11 is 0. The predicted octanol–water partition coefficient (Wildman–Crippen LogP) is 4.69. The Labute approximate surface area is 263 Å². The zero-order valence-electron chi connectivity index (χ0n) is 25.6. The molecule has 1 aliphatic heterocycles. The number of hydrogen-bond donors (Lipinski definition) is 2. The molecule has 10 heteroatoms. The number of ether oxygens (including phenoxy) is 1. The lowest BCUT2D eigenvalue weighted by molar-refractivity contribution is -0.0525. The smallest absolute Gasteiger partial charge is 0.261 e. The first-order valence-electron chi connectivity index (χ1n) is 15.4. The third kappa shape index (κ3) is 5.17. The minimum absolute atomic E-state index is 0.0248. The number of nitrogens with one attached hydrogen (secondary N) is 1. The lowest BCUT2D eigenvalue weighted by Gasteiger charge is -2.45. The minimum atomic E-state index is -2.83. The van der Waals surface area contributed by atoms with Gasteiger partial charge >= 0.3 is 0 Å². The second-order valence-electron chi connectivity index (χ2n) is 12.9. The van der Waals surface area contributed by atoms with Crippen LogP contribution in [0, 0.1) is 5.92 Å². The van der Waals surface area contributed by atoms with Gasteiger partial charge in [-0.25, -0.2) is 15.0 Å². The molecule has 7 rings (SSSR count). The van der Waals surface area contributed by atoms with Crippen LogP contribution in [0.2, 0.25) is 5.04 Å². The topological polar surface area (TPSA) is 111 Å². The van der Waals surface area contributed by atoms with Crippen LogP contribution in [0.3, 0.4) is 0 Å². The number of fused-ring (bicyclic) bond motifs is 2. The largest absolute Gasteiger partial charge is 0.404 e. The van der Waals surface area contributed by atoms with E-state index in [2.05, 4.69) is 89.6 Å². The van der Waals surface area contributed by atoms with Gasteiger partial charge in [0.1, 0.15) is 12.6 Å². The first kappa shape index (κ1) is 29.5. The molecule has 0 bridgehead atoms. The fourth-order valence-corrected chi connectivity index (χ4v) is 11.9. The molecule has 1 aliphatic carbocycles. The minimum Gasteiger partial charge on any atom is -0.404 e. The molecule has 2 aromatic heterocycles. The molecular formula is C35H37N5O4Si. The zero-order valence-corrected chi connectivity index (χ0v) is 26.6. The van der Waals surface area contributed by atoms with Crippen LogP contribution in [0.25, 0.3) is 11.2 Å². The van der Waals surface area contributed by atoms with E-state index >= 15 is 0 Å². The molecule has 2 N–H and O–H groups in total. The molecule has 3 aromatic carbocycles. The summed E-state index contributed by atoms with van der Waals surface area (Å²) in [6, 6.07) is 30.1. The van der Waals surface area contributed by atoms with E-state index in [0.29, 0.717) is 35.4 Å². The van der Waals surface area contributed by atoms with E-state index in [9.17, 15) is 9.90 Å². The molecule has 2 aliphatic rings. The van der Waals surface area contributed by atoms with Crippen molar-refractivity contribution >= 4 is 41.6 Å². The number of amides is 1. The molecule has 1 saturated heterocycles. The van der Waals surface area contributed by atoms with Gasteiger partial charge in [-0.15, -0.1) is 0 Å². The van der Waals surface area contributed by atoms with Crippen LogP contribution in [-0.2, 0) is 9.16 Å². The molecular weight excluding hydrogens is 583 g/mol. The summed E-state index contributed by atoms with van der Waals surface area (Å²) < 4.78 is 15.9. The van der Waals surface area contributed by atoms with E-state index in [0.717, 1.165) is 0 Å². The molecule has 2 fully saturated rings. The van der Waals surface area contributed by atoms with Gasteiger partial charge in [0, 0.05) is 24.3 Å². The number of carbonyl (C=O) groups is 1. The first-order valence-corrected chi connectivity index (χ1v) is 17.3. The van der Waals surface area contributed by atoms with E-state index in [4.69, 9.17) is 9.16 Å². The van der Waals surface area contributed by atoms with Crippen LogP contribution in [-0.4, -0.2) is 57.2 Å². The van der Waals surface area contributed by atoms with Crippen LogP contribution in [0.5, 0.6) is 0 Å². The quantitative estimate of drug-likeness (QED) is 0.254. The maximum atomic E-state index is 12.8. The Morgan fingerprint density at radius 3 is 2.16 bits per heavy atom. The molecule has 1 amide bonds. The van der Waals surface area contributed by atoms with Gasteiger partial charge < -0.3 is 19.6 Å². The Kier molecular flexibility index (Phi) is 7.61. The fraction of sp³-hybridized carbons (Fsp3) is 0.314. The zero-order chi connectivity index (χ0) is 31.2. The average molecular weight is 620 g/mol. The van der Waals surface area contributed by atoms with Gasteiger partial charge in [0.2, 0.25) is 0 Å². The van der Waals surface area contributed by atoms with E-state index in [1.807, 2.05) is 34.9 Å².